The van der Waals surface area contributed by atoms with Crippen LogP contribution in [0.25, 0.3) is 0 Å². The van der Waals surface area contributed by atoms with E-state index in [2.05, 4.69) is 31.2 Å². The van der Waals surface area contributed by atoms with Crippen molar-refractivity contribution in [2.45, 2.75) is 44.9 Å². The van der Waals surface area contributed by atoms with Gasteiger partial charge in [0.2, 0.25) is 0 Å². The number of β-amino-alcohol motifs (C(OH)–C–C–N with tert-alkyl or cyclic N) is 1. The normalized spacial score (nSPS) is 25.0. The zero-order chi connectivity index (χ0) is 17.8. The van der Waals surface area contributed by atoms with Crippen LogP contribution in [-0.2, 0) is 19.5 Å². The summed E-state index contributed by atoms with van der Waals surface area (Å²) in [5.74, 6) is 0.250. The minimum atomic E-state index is -0.273. The molecule has 2 fully saturated rings. The van der Waals surface area contributed by atoms with Crippen LogP contribution < -0.4 is 0 Å². The molecule has 0 bridgehead atoms. The van der Waals surface area contributed by atoms with Gasteiger partial charge in [-0.3, -0.25) is 19.8 Å². The lowest BCUT2D eigenvalue weighted by Gasteiger charge is -2.25. The molecule has 2 aromatic heterocycles. The Morgan fingerprint density at radius 3 is 2.77 bits per heavy atom. The summed E-state index contributed by atoms with van der Waals surface area (Å²) < 4.78 is 0. The first-order chi connectivity index (χ1) is 12.8. The number of aliphatic hydroxyl groups excluding tert-OH is 1. The van der Waals surface area contributed by atoms with Crippen molar-refractivity contribution in [3.63, 3.8) is 0 Å². The second-order valence-electron chi connectivity index (χ2n) is 7.68. The summed E-state index contributed by atoms with van der Waals surface area (Å²) in [4.78, 5) is 14.8. The average molecular weight is 373 g/mol. The summed E-state index contributed by atoms with van der Waals surface area (Å²) >= 11 is 1.86. The van der Waals surface area contributed by atoms with E-state index >= 15 is 0 Å². The van der Waals surface area contributed by atoms with E-state index in [4.69, 9.17) is 0 Å². The molecule has 26 heavy (non-hydrogen) atoms. The third-order valence-electron chi connectivity index (χ3n) is 5.51. The van der Waals surface area contributed by atoms with Gasteiger partial charge in [-0.2, -0.15) is 0 Å². The molecule has 2 saturated heterocycles. The lowest BCUT2D eigenvalue weighted by Crippen LogP contribution is -2.28. The summed E-state index contributed by atoms with van der Waals surface area (Å²) in [6.07, 6.45) is 9.83. The number of aromatic nitrogens is 2. The van der Waals surface area contributed by atoms with E-state index in [1.165, 1.54) is 42.8 Å². The monoisotopic (exact) mass is 372 g/mol. The molecule has 2 aliphatic heterocycles. The van der Waals surface area contributed by atoms with Crippen LogP contribution in [0.4, 0.5) is 0 Å². The van der Waals surface area contributed by atoms with Gasteiger partial charge >= 0.3 is 0 Å². The SMILES string of the molecule is O[C@@H]1CN(Cc2cc(CN3CCCCC3)cs2)C[C@H]1Cc1cnccn1. The van der Waals surface area contributed by atoms with E-state index in [0.717, 1.165) is 38.3 Å². The predicted octanol–water partition coefficient (Wildman–Crippen LogP) is 2.56. The molecule has 2 aliphatic rings. The second kappa shape index (κ2) is 8.57. The zero-order valence-corrected chi connectivity index (χ0v) is 16.1. The smallest absolute Gasteiger partial charge is 0.0711 e. The van der Waals surface area contributed by atoms with Crippen molar-refractivity contribution >= 4 is 11.3 Å². The molecule has 5 nitrogen and oxygen atoms in total. The van der Waals surface area contributed by atoms with Crippen LogP contribution in [0, 0.1) is 5.92 Å². The minimum Gasteiger partial charge on any atom is -0.391 e. The van der Waals surface area contributed by atoms with Crippen molar-refractivity contribution in [3.05, 3.63) is 46.2 Å². The maximum Gasteiger partial charge on any atom is 0.0711 e. The summed E-state index contributed by atoms with van der Waals surface area (Å²) in [6, 6.07) is 2.36. The predicted molar refractivity (Wildman–Crippen MR) is 104 cm³/mol. The number of nitrogens with zero attached hydrogens (tertiary/aromatic N) is 4. The topological polar surface area (TPSA) is 52.5 Å². The first-order valence-electron chi connectivity index (χ1n) is 9.70. The Balaban J connectivity index is 1.29. The lowest BCUT2D eigenvalue weighted by atomic mass is 10.0. The Bertz CT molecular complexity index is 686. The molecule has 0 amide bonds. The van der Waals surface area contributed by atoms with Crippen LogP contribution in [0.15, 0.2) is 30.0 Å². The molecule has 2 atom stereocenters. The van der Waals surface area contributed by atoms with Gasteiger partial charge in [-0.1, -0.05) is 6.42 Å². The van der Waals surface area contributed by atoms with E-state index in [1.54, 1.807) is 12.4 Å². The number of likely N-dealkylation sites (tertiary alicyclic amines) is 2. The van der Waals surface area contributed by atoms with Gasteiger partial charge in [-0.25, -0.2) is 0 Å². The number of thiophene rings is 1. The minimum absolute atomic E-state index is 0.250. The quantitative estimate of drug-likeness (QED) is 0.845. The number of aliphatic hydroxyl groups is 1. The molecule has 4 rings (SSSR count). The summed E-state index contributed by atoms with van der Waals surface area (Å²) in [5, 5.41) is 12.7. The molecule has 0 aliphatic carbocycles. The van der Waals surface area contributed by atoms with Gasteiger partial charge in [0.25, 0.3) is 0 Å². The Morgan fingerprint density at radius 2 is 1.96 bits per heavy atom. The Kier molecular flexibility index (Phi) is 5.94. The Hall–Kier alpha value is -1.34. The molecule has 0 radical (unpaired) electrons. The first kappa shape index (κ1) is 18.0. The standard InChI is InChI=1S/C20H28N4OS/c25-20-14-24(12-17(20)9-18-10-21-4-5-22-18)13-19-8-16(15-26-19)11-23-6-2-1-3-7-23/h4-5,8,10,15,17,20,25H,1-3,6-7,9,11-14H2/t17-,20-/m1/s1. The van der Waals surface area contributed by atoms with E-state index in [0.29, 0.717) is 0 Å². The number of piperidine rings is 1. The largest absolute Gasteiger partial charge is 0.391 e. The van der Waals surface area contributed by atoms with Crippen LogP contribution in [0.2, 0.25) is 0 Å². The highest BCUT2D eigenvalue weighted by Crippen LogP contribution is 2.25. The van der Waals surface area contributed by atoms with Crippen molar-refractivity contribution in [2.75, 3.05) is 26.2 Å². The Labute approximate surface area is 159 Å². The molecule has 0 spiro atoms. The van der Waals surface area contributed by atoms with E-state index in [-0.39, 0.29) is 12.0 Å². The van der Waals surface area contributed by atoms with Gasteiger partial charge in [0.05, 0.1) is 11.8 Å². The molecular weight excluding hydrogens is 344 g/mol. The fraction of sp³-hybridized carbons (Fsp3) is 0.600. The fourth-order valence-corrected chi connectivity index (χ4v) is 5.09. The maximum atomic E-state index is 10.4. The maximum absolute atomic E-state index is 10.4. The molecular formula is C20H28N4OS. The number of hydrogen-bond donors (Lipinski definition) is 1. The summed E-state index contributed by atoms with van der Waals surface area (Å²) in [7, 11) is 0. The number of hydrogen-bond acceptors (Lipinski definition) is 6. The molecule has 2 aromatic rings. The molecule has 6 heteroatoms. The molecule has 0 saturated carbocycles. The summed E-state index contributed by atoms with van der Waals surface area (Å²) in [6.45, 7) is 6.20. The van der Waals surface area contributed by atoms with Crippen molar-refractivity contribution in [3.8, 4) is 0 Å². The van der Waals surface area contributed by atoms with Gasteiger partial charge < -0.3 is 5.11 Å². The summed E-state index contributed by atoms with van der Waals surface area (Å²) in [5.41, 5.74) is 2.42. The average Bonchev–Trinajstić information content (AvgIpc) is 3.23. The van der Waals surface area contributed by atoms with Crippen LogP contribution in [-0.4, -0.2) is 57.2 Å². The highest BCUT2D eigenvalue weighted by molar-refractivity contribution is 7.10. The van der Waals surface area contributed by atoms with Crippen LogP contribution >= 0.6 is 11.3 Å². The molecule has 0 unspecified atom stereocenters. The molecule has 1 N–H and O–H groups in total. The van der Waals surface area contributed by atoms with Gasteiger partial charge in [0, 0.05) is 55.6 Å². The number of rotatable bonds is 6. The van der Waals surface area contributed by atoms with Gasteiger partial charge in [0.15, 0.2) is 0 Å². The van der Waals surface area contributed by atoms with Crippen molar-refractivity contribution < 1.29 is 5.11 Å². The Morgan fingerprint density at radius 1 is 1.08 bits per heavy atom. The van der Waals surface area contributed by atoms with Crippen LogP contribution in [0.1, 0.15) is 35.4 Å². The lowest BCUT2D eigenvalue weighted by molar-refractivity contribution is 0.140. The van der Waals surface area contributed by atoms with Gasteiger partial charge in [0.1, 0.15) is 0 Å². The van der Waals surface area contributed by atoms with E-state index in [1.807, 2.05) is 17.5 Å². The van der Waals surface area contributed by atoms with Crippen molar-refractivity contribution in [2.24, 2.45) is 5.92 Å². The third-order valence-corrected chi connectivity index (χ3v) is 6.48. The van der Waals surface area contributed by atoms with Gasteiger partial charge in [-0.05, 0) is 49.4 Å². The van der Waals surface area contributed by atoms with Crippen molar-refractivity contribution in [1.29, 1.82) is 0 Å². The van der Waals surface area contributed by atoms with Crippen LogP contribution in [0.3, 0.4) is 0 Å². The second-order valence-corrected chi connectivity index (χ2v) is 8.68. The highest BCUT2D eigenvalue weighted by atomic mass is 32.1. The molecule has 4 heterocycles. The first-order valence-corrected chi connectivity index (χ1v) is 10.6. The zero-order valence-electron chi connectivity index (χ0n) is 15.3. The van der Waals surface area contributed by atoms with E-state index in [9.17, 15) is 5.11 Å². The van der Waals surface area contributed by atoms with Crippen molar-refractivity contribution in [1.82, 2.24) is 19.8 Å². The van der Waals surface area contributed by atoms with E-state index < -0.39 is 0 Å². The fourth-order valence-electron chi connectivity index (χ4n) is 4.16. The molecule has 140 valence electrons. The van der Waals surface area contributed by atoms with Gasteiger partial charge in [-0.15, -0.1) is 11.3 Å². The van der Waals surface area contributed by atoms with Crippen LogP contribution in [0.5, 0.6) is 0 Å². The highest BCUT2D eigenvalue weighted by Gasteiger charge is 2.31. The molecule has 0 aromatic carbocycles. The third kappa shape index (κ3) is 4.68.